The molecule has 0 aliphatic heterocycles. The van der Waals surface area contributed by atoms with Gasteiger partial charge in [0.2, 0.25) is 0 Å². The molecule has 88 valence electrons. The van der Waals surface area contributed by atoms with E-state index in [1.54, 1.807) is 12.3 Å². The van der Waals surface area contributed by atoms with Gasteiger partial charge in [-0.15, -0.1) is 0 Å². The summed E-state index contributed by atoms with van der Waals surface area (Å²) in [7, 11) is 2.04. The van der Waals surface area contributed by atoms with Crippen molar-refractivity contribution in [3.8, 4) is 0 Å². The fourth-order valence-electron chi connectivity index (χ4n) is 1.68. The molecule has 2 aromatic rings. The maximum Gasteiger partial charge on any atom is 0.144 e. The van der Waals surface area contributed by atoms with Gasteiger partial charge in [-0.2, -0.15) is 0 Å². The molecule has 0 saturated heterocycles. The summed E-state index contributed by atoms with van der Waals surface area (Å²) in [6.45, 7) is 1.57. The molecular weight excluding hydrogens is 212 g/mol. The fraction of sp³-hybridized carbons (Fsp3) is 0.231. The molecule has 2 N–H and O–H groups in total. The van der Waals surface area contributed by atoms with E-state index < -0.39 is 0 Å². The Kier molecular flexibility index (Phi) is 3.67. The van der Waals surface area contributed by atoms with Crippen LogP contribution in [0.5, 0.6) is 0 Å². The summed E-state index contributed by atoms with van der Waals surface area (Å²) < 4.78 is 0. The lowest BCUT2D eigenvalue weighted by Gasteiger charge is -2.15. The van der Waals surface area contributed by atoms with Crippen LogP contribution in [0.25, 0.3) is 0 Å². The van der Waals surface area contributed by atoms with Gasteiger partial charge in [0, 0.05) is 12.7 Å². The summed E-state index contributed by atoms with van der Waals surface area (Å²) in [5, 5.41) is 0. The Bertz CT molecular complexity index is 470. The average molecular weight is 228 g/mol. The van der Waals surface area contributed by atoms with E-state index >= 15 is 0 Å². The Morgan fingerprint density at radius 3 is 2.59 bits per heavy atom. The Labute approximate surface area is 101 Å². The first-order valence-corrected chi connectivity index (χ1v) is 5.54. The van der Waals surface area contributed by atoms with E-state index in [2.05, 4.69) is 27.0 Å². The number of aromatic nitrogens is 2. The molecule has 0 saturated carbocycles. The van der Waals surface area contributed by atoms with Crippen LogP contribution in [-0.4, -0.2) is 21.9 Å². The molecule has 1 aromatic carbocycles. The first-order chi connectivity index (χ1) is 8.24. The third-order valence-electron chi connectivity index (χ3n) is 2.43. The zero-order chi connectivity index (χ0) is 12.1. The lowest BCUT2D eigenvalue weighted by atomic mass is 10.2. The van der Waals surface area contributed by atoms with Crippen LogP contribution < -0.4 is 5.73 Å². The highest BCUT2D eigenvalue weighted by Gasteiger charge is 2.03. The van der Waals surface area contributed by atoms with Gasteiger partial charge in [-0.3, -0.25) is 4.90 Å². The van der Waals surface area contributed by atoms with Crippen molar-refractivity contribution in [1.82, 2.24) is 14.9 Å². The van der Waals surface area contributed by atoms with Crippen LogP contribution in [0.3, 0.4) is 0 Å². The van der Waals surface area contributed by atoms with Crippen molar-refractivity contribution in [2.75, 3.05) is 12.8 Å². The Morgan fingerprint density at radius 1 is 1.12 bits per heavy atom. The Hall–Kier alpha value is -1.94. The molecule has 0 atom stereocenters. The predicted molar refractivity (Wildman–Crippen MR) is 68.1 cm³/mol. The minimum Gasteiger partial charge on any atom is -0.384 e. The SMILES string of the molecule is CN(Cc1ccccc1)Cc1nccc(N)n1. The second-order valence-electron chi connectivity index (χ2n) is 4.06. The number of nitrogens with zero attached hydrogens (tertiary/aromatic N) is 3. The Morgan fingerprint density at radius 2 is 1.88 bits per heavy atom. The van der Waals surface area contributed by atoms with Crippen molar-refractivity contribution >= 4 is 5.82 Å². The first-order valence-electron chi connectivity index (χ1n) is 5.54. The summed E-state index contributed by atoms with van der Waals surface area (Å²) in [4.78, 5) is 10.5. The maximum atomic E-state index is 5.62. The molecule has 2 rings (SSSR count). The lowest BCUT2D eigenvalue weighted by molar-refractivity contribution is 0.311. The van der Waals surface area contributed by atoms with Crippen LogP contribution in [0.1, 0.15) is 11.4 Å². The number of nitrogens with two attached hydrogens (primary N) is 1. The molecular formula is C13H16N4. The highest BCUT2D eigenvalue weighted by atomic mass is 15.1. The smallest absolute Gasteiger partial charge is 0.144 e. The Balaban J connectivity index is 1.96. The summed E-state index contributed by atoms with van der Waals surface area (Å²) >= 11 is 0. The van der Waals surface area contributed by atoms with Crippen molar-refractivity contribution in [2.45, 2.75) is 13.1 Å². The van der Waals surface area contributed by atoms with Gasteiger partial charge >= 0.3 is 0 Å². The van der Waals surface area contributed by atoms with E-state index in [4.69, 9.17) is 5.73 Å². The lowest BCUT2D eigenvalue weighted by Crippen LogP contribution is -2.19. The van der Waals surface area contributed by atoms with Crippen LogP contribution in [0.2, 0.25) is 0 Å². The highest BCUT2D eigenvalue weighted by molar-refractivity contribution is 5.25. The third-order valence-corrected chi connectivity index (χ3v) is 2.43. The van der Waals surface area contributed by atoms with Crippen LogP contribution in [0, 0.1) is 0 Å². The fourth-order valence-corrected chi connectivity index (χ4v) is 1.68. The molecule has 0 fully saturated rings. The third kappa shape index (κ3) is 3.53. The number of hydrogen-bond acceptors (Lipinski definition) is 4. The number of benzene rings is 1. The van der Waals surface area contributed by atoms with Crippen molar-refractivity contribution in [3.05, 3.63) is 54.0 Å². The summed E-state index contributed by atoms with van der Waals surface area (Å²) in [5.41, 5.74) is 6.89. The molecule has 0 aliphatic carbocycles. The molecule has 0 unspecified atom stereocenters. The number of nitrogen functional groups attached to an aromatic ring is 1. The van der Waals surface area contributed by atoms with E-state index in [1.807, 2.05) is 25.2 Å². The van der Waals surface area contributed by atoms with Crippen molar-refractivity contribution in [1.29, 1.82) is 0 Å². The molecule has 1 heterocycles. The molecule has 0 bridgehead atoms. The van der Waals surface area contributed by atoms with Gasteiger partial charge in [0.1, 0.15) is 11.6 Å². The van der Waals surface area contributed by atoms with Gasteiger partial charge in [0.05, 0.1) is 6.54 Å². The minimum absolute atomic E-state index is 0.517. The van der Waals surface area contributed by atoms with Gasteiger partial charge in [-0.05, 0) is 18.7 Å². The van der Waals surface area contributed by atoms with E-state index in [9.17, 15) is 0 Å². The molecule has 17 heavy (non-hydrogen) atoms. The van der Waals surface area contributed by atoms with Gasteiger partial charge < -0.3 is 5.73 Å². The highest BCUT2D eigenvalue weighted by Crippen LogP contribution is 2.05. The predicted octanol–water partition coefficient (Wildman–Crippen LogP) is 1.69. The second kappa shape index (κ2) is 5.41. The first kappa shape index (κ1) is 11.5. The summed E-state index contributed by atoms with van der Waals surface area (Å²) in [5.74, 6) is 1.27. The number of rotatable bonds is 4. The largest absolute Gasteiger partial charge is 0.384 e. The topological polar surface area (TPSA) is 55.0 Å². The van der Waals surface area contributed by atoms with Crippen molar-refractivity contribution in [3.63, 3.8) is 0 Å². The number of hydrogen-bond donors (Lipinski definition) is 1. The molecule has 1 aromatic heterocycles. The van der Waals surface area contributed by atoms with E-state index in [1.165, 1.54) is 5.56 Å². The van der Waals surface area contributed by atoms with Gasteiger partial charge in [0.25, 0.3) is 0 Å². The van der Waals surface area contributed by atoms with Crippen LogP contribution in [-0.2, 0) is 13.1 Å². The second-order valence-corrected chi connectivity index (χ2v) is 4.06. The molecule has 0 aliphatic rings. The molecule has 0 radical (unpaired) electrons. The van der Waals surface area contributed by atoms with Gasteiger partial charge in [0.15, 0.2) is 0 Å². The maximum absolute atomic E-state index is 5.62. The van der Waals surface area contributed by atoms with E-state index in [0.717, 1.165) is 12.4 Å². The molecule has 0 amide bonds. The standard InChI is InChI=1S/C13H16N4/c1-17(9-11-5-3-2-4-6-11)10-13-15-8-7-12(14)16-13/h2-8H,9-10H2,1H3,(H2,14,15,16). The molecule has 0 spiro atoms. The minimum atomic E-state index is 0.517. The van der Waals surface area contributed by atoms with Crippen molar-refractivity contribution in [2.24, 2.45) is 0 Å². The van der Waals surface area contributed by atoms with E-state index in [0.29, 0.717) is 12.4 Å². The quantitative estimate of drug-likeness (QED) is 0.865. The molecule has 4 nitrogen and oxygen atoms in total. The summed E-state index contributed by atoms with van der Waals surface area (Å²) in [6, 6.07) is 12.0. The normalized spacial score (nSPS) is 10.7. The average Bonchev–Trinajstić information content (AvgIpc) is 2.30. The zero-order valence-electron chi connectivity index (χ0n) is 9.87. The van der Waals surface area contributed by atoms with Crippen LogP contribution in [0.15, 0.2) is 42.6 Å². The van der Waals surface area contributed by atoms with Gasteiger partial charge in [-0.1, -0.05) is 30.3 Å². The molecule has 4 heteroatoms. The monoisotopic (exact) mass is 228 g/mol. The van der Waals surface area contributed by atoms with Crippen LogP contribution >= 0.6 is 0 Å². The van der Waals surface area contributed by atoms with Gasteiger partial charge in [-0.25, -0.2) is 9.97 Å². The zero-order valence-corrected chi connectivity index (χ0v) is 9.87. The number of anilines is 1. The summed E-state index contributed by atoms with van der Waals surface area (Å²) in [6.07, 6.45) is 1.69. The van der Waals surface area contributed by atoms with Crippen molar-refractivity contribution < 1.29 is 0 Å². The van der Waals surface area contributed by atoms with E-state index in [-0.39, 0.29) is 0 Å². The van der Waals surface area contributed by atoms with Crippen LogP contribution in [0.4, 0.5) is 5.82 Å².